The van der Waals surface area contributed by atoms with Crippen molar-refractivity contribution in [2.45, 2.75) is 77.4 Å². The fourth-order valence-corrected chi connectivity index (χ4v) is 1.74. The Bertz CT molecular complexity index is 182. The highest BCUT2D eigenvalue weighted by Gasteiger charge is 2.17. The van der Waals surface area contributed by atoms with Crippen LogP contribution in [0.25, 0.3) is 0 Å². The van der Waals surface area contributed by atoms with Crippen LogP contribution in [0.15, 0.2) is 0 Å². The lowest BCUT2D eigenvalue weighted by atomic mass is 10.0. The molecule has 0 fully saturated rings. The highest BCUT2D eigenvalue weighted by Crippen LogP contribution is 2.19. The van der Waals surface area contributed by atoms with Crippen molar-refractivity contribution >= 4 is 0 Å². The molecule has 0 aliphatic carbocycles. The number of aliphatic hydroxyl groups is 2. The van der Waals surface area contributed by atoms with Crippen molar-refractivity contribution in [1.82, 2.24) is 0 Å². The topological polar surface area (TPSA) is 49.7 Å². The van der Waals surface area contributed by atoms with Gasteiger partial charge >= 0.3 is 0 Å². The van der Waals surface area contributed by atoms with Gasteiger partial charge in [0.25, 0.3) is 0 Å². The zero-order chi connectivity index (χ0) is 13.4. The van der Waals surface area contributed by atoms with Gasteiger partial charge in [-0.3, -0.25) is 0 Å². The maximum Gasteiger partial charge on any atom is 0.0626 e. The fourth-order valence-electron chi connectivity index (χ4n) is 1.74. The predicted molar refractivity (Wildman–Crippen MR) is 71.1 cm³/mol. The average molecular weight is 246 g/mol. The molecule has 0 aliphatic heterocycles. The van der Waals surface area contributed by atoms with Gasteiger partial charge in [-0.25, -0.2) is 0 Å². The second-order valence-corrected chi connectivity index (χ2v) is 6.06. The Kier molecular flexibility index (Phi) is 8.01. The highest BCUT2D eigenvalue weighted by atomic mass is 16.5. The molecule has 0 aliphatic rings. The zero-order valence-electron chi connectivity index (χ0n) is 12.0. The summed E-state index contributed by atoms with van der Waals surface area (Å²) in [7, 11) is 0. The van der Waals surface area contributed by atoms with Gasteiger partial charge in [0.2, 0.25) is 0 Å². The minimum absolute atomic E-state index is 0.0934. The third kappa shape index (κ3) is 12.1. The summed E-state index contributed by atoms with van der Waals surface area (Å²) in [6, 6.07) is 0. The molecule has 0 bridgehead atoms. The van der Waals surface area contributed by atoms with E-state index in [4.69, 9.17) is 9.84 Å². The monoisotopic (exact) mass is 246 g/mol. The molecule has 0 atom stereocenters. The van der Waals surface area contributed by atoms with E-state index in [9.17, 15) is 5.11 Å². The van der Waals surface area contributed by atoms with Crippen LogP contribution in [0.1, 0.15) is 66.2 Å². The van der Waals surface area contributed by atoms with Crippen LogP contribution in [0.4, 0.5) is 0 Å². The summed E-state index contributed by atoms with van der Waals surface area (Å²) in [5.41, 5.74) is -0.652. The fraction of sp³-hybridized carbons (Fsp3) is 1.00. The third-order valence-corrected chi connectivity index (χ3v) is 2.86. The van der Waals surface area contributed by atoms with Crippen LogP contribution in [0.3, 0.4) is 0 Å². The van der Waals surface area contributed by atoms with Crippen molar-refractivity contribution in [2.75, 3.05) is 13.2 Å². The van der Waals surface area contributed by atoms with E-state index in [0.29, 0.717) is 0 Å². The van der Waals surface area contributed by atoms with Gasteiger partial charge in [-0.05, 0) is 66.2 Å². The molecule has 2 N–H and O–H groups in total. The van der Waals surface area contributed by atoms with E-state index in [1.165, 1.54) is 0 Å². The number of hydrogen-bond acceptors (Lipinski definition) is 3. The van der Waals surface area contributed by atoms with E-state index >= 15 is 0 Å². The smallest absolute Gasteiger partial charge is 0.0626 e. The van der Waals surface area contributed by atoms with Gasteiger partial charge in [-0.2, -0.15) is 0 Å². The Hall–Kier alpha value is -0.120. The van der Waals surface area contributed by atoms with E-state index in [0.717, 1.165) is 45.1 Å². The summed E-state index contributed by atoms with van der Waals surface area (Å²) in [6.07, 6.45) is 5.66. The summed E-state index contributed by atoms with van der Waals surface area (Å²) in [4.78, 5) is 0. The van der Waals surface area contributed by atoms with Gasteiger partial charge in [0.05, 0.1) is 11.2 Å². The van der Waals surface area contributed by atoms with Crippen LogP contribution >= 0.6 is 0 Å². The predicted octanol–water partition coefficient (Wildman–Crippen LogP) is 2.89. The van der Waals surface area contributed by atoms with Crippen LogP contribution in [-0.4, -0.2) is 34.6 Å². The molecule has 3 heteroatoms. The van der Waals surface area contributed by atoms with E-state index in [1.807, 2.05) is 13.8 Å². The molecule has 0 spiro atoms. The van der Waals surface area contributed by atoms with Crippen LogP contribution in [-0.2, 0) is 4.74 Å². The van der Waals surface area contributed by atoms with Gasteiger partial charge in [-0.15, -0.1) is 0 Å². The number of unbranched alkanes of at least 4 members (excludes halogenated alkanes) is 2. The zero-order valence-corrected chi connectivity index (χ0v) is 12.0. The van der Waals surface area contributed by atoms with Crippen molar-refractivity contribution in [1.29, 1.82) is 0 Å². The number of hydrogen-bond donors (Lipinski definition) is 2. The molecular weight excluding hydrogens is 216 g/mol. The summed E-state index contributed by atoms with van der Waals surface area (Å²) < 4.78 is 5.83. The maximum absolute atomic E-state index is 9.56. The molecule has 0 aromatic heterocycles. The molecule has 0 saturated heterocycles. The van der Waals surface area contributed by atoms with Crippen molar-refractivity contribution in [3.05, 3.63) is 0 Å². The Morgan fingerprint density at radius 2 is 1.47 bits per heavy atom. The van der Waals surface area contributed by atoms with Crippen LogP contribution in [0.2, 0.25) is 0 Å². The van der Waals surface area contributed by atoms with Gasteiger partial charge < -0.3 is 14.9 Å². The van der Waals surface area contributed by atoms with Gasteiger partial charge in [0.1, 0.15) is 0 Å². The first-order valence-corrected chi connectivity index (χ1v) is 6.74. The van der Waals surface area contributed by atoms with Gasteiger partial charge in [0, 0.05) is 13.2 Å². The highest BCUT2D eigenvalue weighted by molar-refractivity contribution is 4.69. The van der Waals surface area contributed by atoms with Crippen molar-refractivity contribution < 1.29 is 14.9 Å². The lowest BCUT2D eigenvalue weighted by molar-refractivity contribution is -0.0288. The first-order chi connectivity index (χ1) is 7.77. The third-order valence-electron chi connectivity index (χ3n) is 2.86. The minimum atomic E-state index is -0.559. The summed E-state index contributed by atoms with van der Waals surface area (Å²) in [6.45, 7) is 8.89. The van der Waals surface area contributed by atoms with E-state index in [2.05, 4.69) is 13.8 Å². The average Bonchev–Trinajstić information content (AvgIpc) is 2.15. The second kappa shape index (κ2) is 8.06. The standard InChI is InChI=1S/C14H30O3/c1-13(2,16)9-6-8-12-17-14(3,4)10-5-7-11-15/h15-16H,5-12H2,1-4H3. The Morgan fingerprint density at radius 1 is 0.882 bits per heavy atom. The Balaban J connectivity index is 3.51. The summed E-state index contributed by atoms with van der Waals surface area (Å²) in [5, 5.41) is 18.3. The maximum atomic E-state index is 9.56. The molecule has 17 heavy (non-hydrogen) atoms. The molecule has 0 radical (unpaired) electrons. The number of ether oxygens (including phenoxy) is 1. The first-order valence-electron chi connectivity index (χ1n) is 6.74. The molecule has 0 aromatic carbocycles. The van der Waals surface area contributed by atoms with Crippen LogP contribution in [0.5, 0.6) is 0 Å². The largest absolute Gasteiger partial charge is 0.396 e. The quantitative estimate of drug-likeness (QED) is 0.583. The van der Waals surface area contributed by atoms with E-state index in [-0.39, 0.29) is 12.2 Å². The van der Waals surface area contributed by atoms with Crippen molar-refractivity contribution in [2.24, 2.45) is 0 Å². The molecule has 0 aromatic rings. The summed E-state index contributed by atoms with van der Waals surface area (Å²) >= 11 is 0. The van der Waals surface area contributed by atoms with Crippen molar-refractivity contribution in [3.8, 4) is 0 Å². The first kappa shape index (κ1) is 16.9. The molecule has 0 amide bonds. The lowest BCUT2D eigenvalue weighted by Crippen LogP contribution is -2.25. The SMILES string of the molecule is CC(C)(O)CCCCOC(C)(C)CCCCO. The Labute approximate surface area is 106 Å². The second-order valence-electron chi connectivity index (χ2n) is 6.06. The van der Waals surface area contributed by atoms with Gasteiger partial charge in [-0.1, -0.05) is 0 Å². The summed E-state index contributed by atoms with van der Waals surface area (Å²) in [5.74, 6) is 0. The minimum Gasteiger partial charge on any atom is -0.396 e. The molecule has 104 valence electrons. The van der Waals surface area contributed by atoms with Crippen LogP contribution < -0.4 is 0 Å². The molecular formula is C14H30O3. The number of rotatable bonds is 10. The lowest BCUT2D eigenvalue weighted by Gasteiger charge is -2.25. The molecule has 0 saturated carbocycles. The van der Waals surface area contributed by atoms with E-state index in [1.54, 1.807) is 0 Å². The van der Waals surface area contributed by atoms with Crippen molar-refractivity contribution in [3.63, 3.8) is 0 Å². The molecule has 0 unspecified atom stereocenters. The Morgan fingerprint density at radius 3 is 2.00 bits per heavy atom. The molecule has 3 nitrogen and oxygen atoms in total. The molecule has 0 rings (SSSR count). The van der Waals surface area contributed by atoms with Crippen LogP contribution in [0, 0.1) is 0 Å². The van der Waals surface area contributed by atoms with Gasteiger partial charge in [0.15, 0.2) is 0 Å². The normalized spacial score (nSPS) is 13.1. The number of aliphatic hydroxyl groups excluding tert-OH is 1. The molecule has 0 heterocycles. The van der Waals surface area contributed by atoms with E-state index < -0.39 is 5.60 Å².